The summed E-state index contributed by atoms with van der Waals surface area (Å²) in [5.74, 6) is 2.02. The lowest BCUT2D eigenvalue weighted by molar-refractivity contribution is 0.287. The molecule has 0 aromatic rings. The summed E-state index contributed by atoms with van der Waals surface area (Å²) < 4.78 is 0. The van der Waals surface area contributed by atoms with Crippen molar-refractivity contribution in [1.29, 1.82) is 0 Å². The molecule has 1 aliphatic carbocycles. The quantitative estimate of drug-likeness (QED) is 0.458. The Hall–Kier alpha value is 0. The Labute approximate surface area is 103 Å². The van der Waals surface area contributed by atoms with Crippen LogP contribution in [0.2, 0.25) is 0 Å². The molecule has 1 saturated carbocycles. The van der Waals surface area contributed by atoms with E-state index in [0.29, 0.717) is 0 Å². The zero-order valence-electron chi connectivity index (χ0n) is 11.5. The van der Waals surface area contributed by atoms with E-state index in [4.69, 9.17) is 0 Å². The van der Waals surface area contributed by atoms with E-state index in [1.54, 1.807) is 0 Å². The first-order valence-corrected chi connectivity index (χ1v) is 7.70. The van der Waals surface area contributed by atoms with Crippen molar-refractivity contribution in [3.8, 4) is 0 Å². The summed E-state index contributed by atoms with van der Waals surface area (Å²) in [5, 5.41) is 0. The fourth-order valence-corrected chi connectivity index (χ4v) is 3.05. The maximum absolute atomic E-state index is 2.62. The normalized spacial score (nSPS) is 25.9. The fourth-order valence-electron chi connectivity index (χ4n) is 3.05. The molecule has 0 bridgehead atoms. The molecule has 0 heterocycles. The van der Waals surface area contributed by atoms with Crippen LogP contribution < -0.4 is 0 Å². The molecule has 0 spiro atoms. The third-order valence-corrected chi connectivity index (χ3v) is 4.11. The van der Waals surface area contributed by atoms with Gasteiger partial charge in [-0.1, -0.05) is 71.6 Å². The summed E-state index contributed by atoms with van der Waals surface area (Å²) in [4.78, 5) is 0. The van der Waals surface area contributed by atoms with Crippen molar-refractivity contribution >= 4 is 0 Å². The maximum atomic E-state index is 2.62. The molecule has 95 valence electrons. The predicted molar refractivity (Wildman–Crippen MR) is 73.4 cm³/mol. The number of hydrogen-bond donors (Lipinski definition) is 0. The summed E-state index contributed by atoms with van der Waals surface area (Å²) in [6.07, 6.45) is 18.5. The van der Waals surface area contributed by atoms with Gasteiger partial charge in [0.15, 0.2) is 0 Å². The molecule has 2 atom stereocenters. The van der Waals surface area contributed by atoms with Gasteiger partial charge in [0.1, 0.15) is 0 Å². The van der Waals surface area contributed by atoms with Crippen LogP contribution in [-0.4, -0.2) is 0 Å². The van der Waals surface area contributed by atoms with Gasteiger partial charge in [0.2, 0.25) is 0 Å². The Morgan fingerprint density at radius 3 is 2.31 bits per heavy atom. The van der Waals surface area contributed by atoms with E-state index in [9.17, 15) is 0 Å². The van der Waals surface area contributed by atoms with Gasteiger partial charge in [-0.05, 0) is 31.1 Å². The highest BCUT2D eigenvalue weighted by molar-refractivity contribution is 4.85. The van der Waals surface area contributed by atoms with Crippen LogP contribution in [0.5, 0.6) is 0 Å². The molecule has 0 saturated heterocycles. The molecule has 0 heteroatoms. The second kappa shape index (κ2) is 9.07. The molecule has 1 aliphatic rings. The first-order chi connectivity index (χ1) is 7.86. The highest BCUT2D eigenvalue weighted by Gasteiger charge is 2.21. The molecular weight excluding hydrogens is 192 g/mol. The Morgan fingerprint density at radius 1 is 0.938 bits per heavy atom. The molecule has 2 unspecified atom stereocenters. The van der Waals surface area contributed by atoms with Gasteiger partial charge in [-0.2, -0.15) is 0 Å². The number of unbranched alkanes of at least 4 members (excludes halogenated alkanes) is 4. The van der Waals surface area contributed by atoms with Crippen molar-refractivity contribution in [2.75, 3.05) is 0 Å². The summed E-state index contributed by atoms with van der Waals surface area (Å²) >= 11 is 0. The lowest BCUT2D eigenvalue weighted by Crippen LogP contribution is -2.16. The van der Waals surface area contributed by atoms with Gasteiger partial charge in [0.05, 0.1) is 0 Å². The molecule has 1 radical (unpaired) electrons. The van der Waals surface area contributed by atoms with Crippen molar-refractivity contribution in [3.05, 3.63) is 6.42 Å². The zero-order chi connectivity index (χ0) is 11.6. The third-order valence-electron chi connectivity index (χ3n) is 4.11. The lowest BCUT2D eigenvalue weighted by atomic mass is 9.77. The average molecular weight is 223 g/mol. The zero-order valence-corrected chi connectivity index (χ0v) is 11.5. The lowest BCUT2D eigenvalue weighted by Gasteiger charge is -2.29. The van der Waals surface area contributed by atoms with E-state index in [2.05, 4.69) is 20.3 Å². The summed E-state index contributed by atoms with van der Waals surface area (Å²) in [5.41, 5.74) is 0. The van der Waals surface area contributed by atoms with Gasteiger partial charge in [-0.25, -0.2) is 0 Å². The van der Waals surface area contributed by atoms with Crippen molar-refractivity contribution in [2.45, 2.75) is 84.5 Å². The molecule has 0 aromatic carbocycles. The van der Waals surface area contributed by atoms with Crippen LogP contribution in [0.4, 0.5) is 0 Å². The highest BCUT2D eigenvalue weighted by atomic mass is 14.3. The molecule has 0 N–H and O–H groups in total. The third kappa shape index (κ3) is 5.92. The van der Waals surface area contributed by atoms with Gasteiger partial charge in [-0.15, -0.1) is 0 Å². The van der Waals surface area contributed by atoms with Gasteiger partial charge in [0, 0.05) is 0 Å². The first kappa shape index (κ1) is 14.1. The Morgan fingerprint density at radius 2 is 1.62 bits per heavy atom. The molecule has 0 amide bonds. The smallest absolute Gasteiger partial charge is 0.0355 e. The predicted octanol–water partition coefficient (Wildman–Crippen LogP) is 5.77. The van der Waals surface area contributed by atoms with Crippen molar-refractivity contribution in [1.82, 2.24) is 0 Å². The molecule has 1 rings (SSSR count). The molecule has 0 aliphatic heterocycles. The Kier molecular flexibility index (Phi) is 7.98. The maximum Gasteiger partial charge on any atom is -0.0355 e. The minimum absolute atomic E-state index is 0.965. The molecule has 16 heavy (non-hydrogen) atoms. The standard InChI is InChI=1S/C16H31/c1-3-5-7-10-15-12-9-13-16(14-15)11-8-6-4-2/h12,15-16H,3-11,13-14H2,1-2H3. The van der Waals surface area contributed by atoms with Crippen LogP contribution in [0.25, 0.3) is 0 Å². The second-order valence-electron chi connectivity index (χ2n) is 5.67. The first-order valence-electron chi connectivity index (χ1n) is 7.70. The fraction of sp³-hybridized carbons (Fsp3) is 0.938. The Balaban J connectivity index is 2.09. The van der Waals surface area contributed by atoms with Crippen LogP contribution >= 0.6 is 0 Å². The Bertz CT molecular complexity index is 134. The van der Waals surface area contributed by atoms with Crippen molar-refractivity contribution in [3.63, 3.8) is 0 Å². The van der Waals surface area contributed by atoms with Gasteiger partial charge < -0.3 is 0 Å². The van der Waals surface area contributed by atoms with Crippen LogP contribution in [0.3, 0.4) is 0 Å². The number of hydrogen-bond acceptors (Lipinski definition) is 0. The topological polar surface area (TPSA) is 0 Å². The van der Waals surface area contributed by atoms with E-state index >= 15 is 0 Å². The monoisotopic (exact) mass is 223 g/mol. The SMILES string of the molecule is CCCCCC1[CH]CCC(CCCCC)C1. The summed E-state index contributed by atoms with van der Waals surface area (Å²) in [6.45, 7) is 4.61. The van der Waals surface area contributed by atoms with Gasteiger partial charge in [0.25, 0.3) is 0 Å². The van der Waals surface area contributed by atoms with E-state index in [1.807, 2.05) is 0 Å². The second-order valence-corrected chi connectivity index (χ2v) is 5.67. The average Bonchev–Trinajstić information content (AvgIpc) is 2.30. The summed E-state index contributed by atoms with van der Waals surface area (Å²) in [6, 6.07) is 0. The van der Waals surface area contributed by atoms with E-state index < -0.39 is 0 Å². The van der Waals surface area contributed by atoms with Crippen LogP contribution in [0, 0.1) is 18.3 Å². The van der Waals surface area contributed by atoms with Gasteiger partial charge in [-0.3, -0.25) is 0 Å². The minimum Gasteiger partial charge on any atom is -0.0654 e. The van der Waals surface area contributed by atoms with E-state index in [1.165, 1.54) is 70.6 Å². The molecule has 1 fully saturated rings. The number of rotatable bonds is 8. The minimum atomic E-state index is 0.965. The molecule has 0 nitrogen and oxygen atoms in total. The largest absolute Gasteiger partial charge is 0.0654 e. The van der Waals surface area contributed by atoms with Crippen LogP contribution in [-0.2, 0) is 0 Å². The van der Waals surface area contributed by atoms with Crippen molar-refractivity contribution in [2.24, 2.45) is 11.8 Å². The van der Waals surface area contributed by atoms with E-state index in [0.717, 1.165) is 11.8 Å². The molecule has 0 aromatic heterocycles. The van der Waals surface area contributed by atoms with Crippen LogP contribution in [0.15, 0.2) is 0 Å². The summed E-state index contributed by atoms with van der Waals surface area (Å²) in [7, 11) is 0. The van der Waals surface area contributed by atoms with E-state index in [-0.39, 0.29) is 0 Å². The van der Waals surface area contributed by atoms with Crippen molar-refractivity contribution < 1.29 is 0 Å². The molecular formula is C16H31. The highest BCUT2D eigenvalue weighted by Crippen LogP contribution is 2.34. The van der Waals surface area contributed by atoms with Crippen LogP contribution in [0.1, 0.15) is 84.5 Å². The van der Waals surface area contributed by atoms with Gasteiger partial charge >= 0.3 is 0 Å².